The highest BCUT2D eigenvalue weighted by molar-refractivity contribution is 5.87. The van der Waals surface area contributed by atoms with Crippen LogP contribution in [0.1, 0.15) is 12.5 Å². The van der Waals surface area contributed by atoms with Crippen molar-refractivity contribution in [2.24, 2.45) is 0 Å². The molecule has 1 aromatic carbocycles. The van der Waals surface area contributed by atoms with Gasteiger partial charge in [-0.3, -0.25) is 4.79 Å². The zero-order valence-electron chi connectivity index (χ0n) is 11.2. The molecule has 0 saturated carbocycles. The average Bonchev–Trinajstić information content (AvgIpc) is 2.81. The van der Waals surface area contributed by atoms with E-state index in [1.54, 1.807) is 0 Å². The van der Waals surface area contributed by atoms with Gasteiger partial charge >= 0.3 is 0 Å². The van der Waals surface area contributed by atoms with Crippen LogP contribution in [0.4, 0.5) is 5.69 Å². The minimum Gasteiger partial charge on any atom is -0.375 e. The first kappa shape index (κ1) is 13.6. The van der Waals surface area contributed by atoms with E-state index in [9.17, 15) is 4.79 Å². The number of rotatable bonds is 6. The fraction of sp³-hybridized carbons (Fsp3) is 0.400. The number of ether oxygens (including phenoxy) is 1. The van der Waals surface area contributed by atoms with Gasteiger partial charge in [-0.25, -0.2) is 0 Å². The molecule has 1 atom stereocenters. The lowest BCUT2D eigenvalue weighted by atomic mass is 10.1. The lowest BCUT2D eigenvalue weighted by Crippen LogP contribution is -2.39. The summed E-state index contributed by atoms with van der Waals surface area (Å²) >= 11 is 0. The van der Waals surface area contributed by atoms with Crippen molar-refractivity contribution < 1.29 is 9.53 Å². The number of benzene rings is 1. The highest BCUT2D eigenvalue weighted by atomic mass is 16.5. The molecule has 19 heavy (non-hydrogen) atoms. The molecule has 0 bridgehead atoms. The maximum atomic E-state index is 12.0. The Morgan fingerprint density at radius 3 is 3.05 bits per heavy atom. The molecule has 4 heteroatoms. The van der Waals surface area contributed by atoms with Crippen LogP contribution in [-0.2, 0) is 16.0 Å². The molecule has 2 N–H and O–H groups in total. The summed E-state index contributed by atoms with van der Waals surface area (Å²) in [5.74, 6) is 0.0233. The quantitative estimate of drug-likeness (QED) is 0.605. The van der Waals surface area contributed by atoms with E-state index in [4.69, 9.17) is 4.74 Å². The first-order valence-corrected chi connectivity index (χ1v) is 6.51. The first-order chi connectivity index (χ1) is 9.16. The van der Waals surface area contributed by atoms with Gasteiger partial charge in [0.1, 0.15) is 6.04 Å². The van der Waals surface area contributed by atoms with Gasteiger partial charge in [-0.05, 0) is 18.6 Å². The molecule has 1 heterocycles. The van der Waals surface area contributed by atoms with Gasteiger partial charge in [0.25, 0.3) is 0 Å². The monoisotopic (exact) mass is 260 g/mol. The van der Waals surface area contributed by atoms with Crippen LogP contribution in [0.2, 0.25) is 0 Å². The maximum absolute atomic E-state index is 12.0. The molecule has 0 saturated heterocycles. The van der Waals surface area contributed by atoms with Crippen molar-refractivity contribution in [3.63, 3.8) is 0 Å². The Balaban J connectivity index is 1.70. The molecule has 0 aromatic heterocycles. The Hall–Kier alpha value is -1.81. The van der Waals surface area contributed by atoms with Crippen molar-refractivity contribution in [2.75, 3.05) is 25.1 Å². The van der Waals surface area contributed by atoms with E-state index in [1.807, 2.05) is 31.2 Å². The molecule has 0 aliphatic carbocycles. The molecular weight excluding hydrogens is 240 g/mol. The van der Waals surface area contributed by atoms with E-state index < -0.39 is 0 Å². The fourth-order valence-corrected chi connectivity index (χ4v) is 2.07. The summed E-state index contributed by atoms with van der Waals surface area (Å²) in [6.45, 7) is 7.25. The summed E-state index contributed by atoms with van der Waals surface area (Å²) in [4.78, 5) is 12.0. The Kier molecular flexibility index (Phi) is 4.58. The lowest BCUT2D eigenvalue weighted by molar-refractivity contribution is -0.121. The first-order valence-electron chi connectivity index (χ1n) is 6.51. The number of carbonyl (C=O) groups is 1. The van der Waals surface area contributed by atoms with Crippen LogP contribution < -0.4 is 10.6 Å². The number of fused-ring (bicyclic) bond motifs is 1. The van der Waals surface area contributed by atoms with Crippen LogP contribution in [0, 0.1) is 0 Å². The lowest BCUT2D eigenvalue weighted by Gasteiger charge is -2.12. The minimum atomic E-state index is -0.168. The van der Waals surface area contributed by atoms with Crippen molar-refractivity contribution in [3.8, 4) is 0 Å². The van der Waals surface area contributed by atoms with E-state index in [-0.39, 0.29) is 11.9 Å². The van der Waals surface area contributed by atoms with Crippen LogP contribution >= 0.6 is 0 Å². The smallest absolute Gasteiger partial charge is 0.242 e. The van der Waals surface area contributed by atoms with Crippen LogP contribution in [0.3, 0.4) is 0 Å². The molecule has 0 unspecified atom stereocenters. The Bertz CT molecular complexity index is 446. The van der Waals surface area contributed by atoms with E-state index in [1.165, 1.54) is 5.56 Å². The average molecular weight is 260 g/mol. The second-order valence-electron chi connectivity index (χ2n) is 4.86. The number of anilines is 1. The Labute approximate surface area is 113 Å². The van der Waals surface area contributed by atoms with Crippen LogP contribution in [0.5, 0.6) is 0 Å². The van der Waals surface area contributed by atoms with E-state index in [2.05, 4.69) is 17.2 Å². The molecule has 0 fully saturated rings. The molecule has 0 spiro atoms. The normalized spacial score (nSPS) is 16.6. The Morgan fingerprint density at radius 2 is 2.32 bits per heavy atom. The molecule has 1 aromatic rings. The third-order valence-corrected chi connectivity index (χ3v) is 2.98. The zero-order valence-corrected chi connectivity index (χ0v) is 11.2. The molecule has 2 rings (SSSR count). The largest absolute Gasteiger partial charge is 0.375 e. The summed E-state index contributed by atoms with van der Waals surface area (Å²) < 4.78 is 5.34. The SMILES string of the molecule is C=C(C)COCCNC(=O)[C@@H]1Cc2ccccc2N1. The molecule has 0 radical (unpaired) electrons. The Morgan fingerprint density at radius 1 is 1.53 bits per heavy atom. The van der Waals surface area contributed by atoms with Gasteiger partial charge in [-0.2, -0.15) is 0 Å². The van der Waals surface area contributed by atoms with Crippen molar-refractivity contribution in [1.82, 2.24) is 5.32 Å². The fourth-order valence-electron chi connectivity index (χ4n) is 2.07. The van der Waals surface area contributed by atoms with E-state index in [0.717, 1.165) is 17.7 Å². The molecule has 1 aliphatic rings. The van der Waals surface area contributed by atoms with Gasteiger partial charge in [-0.15, -0.1) is 0 Å². The van der Waals surface area contributed by atoms with Gasteiger partial charge in [0.05, 0.1) is 13.2 Å². The van der Waals surface area contributed by atoms with Gasteiger partial charge in [0.2, 0.25) is 5.91 Å². The van der Waals surface area contributed by atoms with Gasteiger partial charge in [0.15, 0.2) is 0 Å². The molecule has 4 nitrogen and oxygen atoms in total. The predicted molar refractivity (Wildman–Crippen MR) is 76.2 cm³/mol. The summed E-state index contributed by atoms with van der Waals surface area (Å²) in [6.07, 6.45) is 0.745. The zero-order chi connectivity index (χ0) is 13.7. The number of nitrogens with one attached hydrogen (secondary N) is 2. The highest BCUT2D eigenvalue weighted by Crippen LogP contribution is 2.24. The highest BCUT2D eigenvalue weighted by Gasteiger charge is 2.25. The third-order valence-electron chi connectivity index (χ3n) is 2.98. The summed E-state index contributed by atoms with van der Waals surface area (Å²) in [6, 6.07) is 7.84. The van der Waals surface area contributed by atoms with Gasteiger partial charge < -0.3 is 15.4 Å². The summed E-state index contributed by atoms with van der Waals surface area (Å²) in [7, 11) is 0. The summed E-state index contributed by atoms with van der Waals surface area (Å²) in [5, 5.41) is 6.10. The predicted octanol–water partition coefficient (Wildman–Crippen LogP) is 1.73. The number of carbonyl (C=O) groups excluding carboxylic acids is 1. The number of amides is 1. The maximum Gasteiger partial charge on any atom is 0.242 e. The van der Waals surface area contributed by atoms with Crippen molar-refractivity contribution >= 4 is 11.6 Å². The second kappa shape index (κ2) is 6.38. The minimum absolute atomic E-state index is 0.0233. The van der Waals surface area contributed by atoms with Gasteiger partial charge in [-0.1, -0.05) is 30.4 Å². The molecule has 102 valence electrons. The molecular formula is C15H20N2O2. The van der Waals surface area contributed by atoms with Crippen LogP contribution in [-0.4, -0.2) is 31.7 Å². The van der Waals surface area contributed by atoms with Crippen LogP contribution in [0.15, 0.2) is 36.4 Å². The molecule has 1 amide bonds. The number of hydrogen-bond acceptors (Lipinski definition) is 3. The van der Waals surface area contributed by atoms with Crippen molar-refractivity contribution in [2.45, 2.75) is 19.4 Å². The van der Waals surface area contributed by atoms with Gasteiger partial charge in [0, 0.05) is 18.7 Å². The summed E-state index contributed by atoms with van der Waals surface area (Å²) in [5.41, 5.74) is 3.24. The standard InChI is InChI=1S/C15H20N2O2/c1-11(2)10-19-8-7-16-15(18)14-9-12-5-3-4-6-13(12)17-14/h3-6,14,17H,1,7-10H2,2H3,(H,16,18)/t14-/m0/s1. The van der Waals surface area contributed by atoms with E-state index in [0.29, 0.717) is 19.8 Å². The molecule has 1 aliphatic heterocycles. The topological polar surface area (TPSA) is 50.4 Å². The second-order valence-corrected chi connectivity index (χ2v) is 4.86. The number of hydrogen-bond donors (Lipinski definition) is 2. The number of para-hydroxylation sites is 1. The third kappa shape index (κ3) is 3.83. The van der Waals surface area contributed by atoms with Crippen LogP contribution in [0.25, 0.3) is 0 Å². The van der Waals surface area contributed by atoms with Crippen molar-refractivity contribution in [1.29, 1.82) is 0 Å². The van der Waals surface area contributed by atoms with E-state index >= 15 is 0 Å². The van der Waals surface area contributed by atoms with Crippen molar-refractivity contribution in [3.05, 3.63) is 42.0 Å².